The highest BCUT2D eigenvalue weighted by Crippen LogP contribution is 2.23. The van der Waals surface area contributed by atoms with Crippen LogP contribution in [-0.2, 0) is 0 Å². The molecule has 3 aromatic rings. The van der Waals surface area contributed by atoms with Crippen molar-refractivity contribution in [3.05, 3.63) is 71.2 Å². The van der Waals surface area contributed by atoms with E-state index < -0.39 is 0 Å². The summed E-state index contributed by atoms with van der Waals surface area (Å²) in [5, 5.41) is 6.54. The van der Waals surface area contributed by atoms with Crippen LogP contribution in [0.25, 0.3) is 11.3 Å². The average Bonchev–Trinajstić information content (AvgIpc) is 3.02. The third-order valence-electron chi connectivity index (χ3n) is 3.59. The lowest BCUT2D eigenvalue weighted by Crippen LogP contribution is -2.12. The lowest BCUT2D eigenvalue weighted by atomic mass is 10.1. The Labute approximate surface area is 132 Å². The highest BCUT2D eigenvalue weighted by atomic mass is 19.1. The van der Waals surface area contributed by atoms with Gasteiger partial charge in [0.05, 0.1) is 0 Å². The Bertz CT molecular complexity index is 871. The van der Waals surface area contributed by atoms with Gasteiger partial charge in [-0.05, 0) is 37.1 Å². The van der Waals surface area contributed by atoms with Gasteiger partial charge in [0.2, 0.25) is 0 Å². The summed E-state index contributed by atoms with van der Waals surface area (Å²) in [7, 11) is 0. The monoisotopic (exact) mass is 310 g/mol. The number of amides is 1. The highest BCUT2D eigenvalue weighted by Gasteiger charge is 2.15. The number of anilines is 1. The number of aryl methyl sites for hydroxylation is 2. The van der Waals surface area contributed by atoms with Crippen LogP contribution in [-0.4, -0.2) is 11.1 Å². The molecule has 4 nitrogen and oxygen atoms in total. The average molecular weight is 310 g/mol. The van der Waals surface area contributed by atoms with Crippen LogP contribution >= 0.6 is 0 Å². The Balaban J connectivity index is 1.82. The maximum absolute atomic E-state index is 13.6. The molecule has 23 heavy (non-hydrogen) atoms. The van der Waals surface area contributed by atoms with Crippen LogP contribution in [0.2, 0.25) is 0 Å². The number of benzene rings is 2. The van der Waals surface area contributed by atoms with E-state index in [0.717, 1.165) is 5.56 Å². The number of hydrogen-bond acceptors (Lipinski definition) is 3. The zero-order chi connectivity index (χ0) is 16.4. The highest BCUT2D eigenvalue weighted by molar-refractivity contribution is 6.03. The summed E-state index contributed by atoms with van der Waals surface area (Å²) in [5.41, 5.74) is 2.89. The van der Waals surface area contributed by atoms with Crippen molar-refractivity contribution in [3.8, 4) is 11.3 Å². The molecule has 0 bridgehead atoms. The first-order valence-electron chi connectivity index (χ1n) is 7.15. The van der Waals surface area contributed by atoms with Gasteiger partial charge >= 0.3 is 0 Å². The molecule has 1 amide bonds. The van der Waals surface area contributed by atoms with Crippen LogP contribution in [0.4, 0.5) is 10.1 Å². The SMILES string of the molecule is Cc1ccc(-c2cc(C(=O)Nc3ccccc3C)no2)cc1F. The Morgan fingerprint density at radius 3 is 2.61 bits per heavy atom. The largest absolute Gasteiger partial charge is 0.355 e. The first kappa shape index (κ1) is 15.0. The molecule has 0 saturated carbocycles. The van der Waals surface area contributed by atoms with Crippen molar-refractivity contribution < 1.29 is 13.7 Å². The van der Waals surface area contributed by atoms with Gasteiger partial charge in [-0.3, -0.25) is 4.79 Å². The summed E-state index contributed by atoms with van der Waals surface area (Å²) in [6.07, 6.45) is 0. The normalized spacial score (nSPS) is 10.6. The maximum atomic E-state index is 13.6. The van der Waals surface area contributed by atoms with Crippen molar-refractivity contribution in [1.29, 1.82) is 0 Å². The standard InChI is InChI=1S/C18H15FN2O2/c1-11-7-8-13(9-14(11)19)17-10-16(21-23-17)18(22)20-15-6-4-3-5-12(15)2/h3-10H,1-2H3,(H,20,22). The number of halogens is 1. The fourth-order valence-electron chi connectivity index (χ4n) is 2.16. The molecule has 0 atom stereocenters. The molecule has 0 aliphatic carbocycles. The second-order valence-corrected chi connectivity index (χ2v) is 5.31. The van der Waals surface area contributed by atoms with Gasteiger partial charge in [-0.25, -0.2) is 4.39 Å². The minimum atomic E-state index is -0.373. The molecule has 2 aromatic carbocycles. The molecule has 0 aliphatic heterocycles. The van der Waals surface area contributed by atoms with E-state index in [2.05, 4.69) is 10.5 Å². The summed E-state index contributed by atoms with van der Waals surface area (Å²) in [6.45, 7) is 3.58. The molecule has 0 saturated heterocycles. The van der Waals surface area contributed by atoms with Crippen LogP contribution in [0, 0.1) is 19.7 Å². The summed E-state index contributed by atoms with van der Waals surface area (Å²) < 4.78 is 18.8. The number of nitrogens with one attached hydrogen (secondary N) is 1. The summed E-state index contributed by atoms with van der Waals surface area (Å²) >= 11 is 0. The molecule has 3 rings (SSSR count). The van der Waals surface area contributed by atoms with Gasteiger partial charge in [-0.1, -0.05) is 35.5 Å². The molecule has 0 aliphatic rings. The Morgan fingerprint density at radius 1 is 1.09 bits per heavy atom. The molecule has 1 heterocycles. The van der Waals surface area contributed by atoms with Crippen LogP contribution < -0.4 is 5.32 Å². The second kappa shape index (κ2) is 6.04. The minimum absolute atomic E-state index is 0.143. The first-order chi connectivity index (χ1) is 11.0. The molecule has 116 valence electrons. The molecule has 1 N–H and O–H groups in total. The smallest absolute Gasteiger partial charge is 0.277 e. The Hall–Kier alpha value is -2.95. The lowest BCUT2D eigenvalue weighted by Gasteiger charge is -2.05. The van der Waals surface area contributed by atoms with Crippen LogP contribution in [0.5, 0.6) is 0 Å². The van der Waals surface area contributed by atoms with E-state index >= 15 is 0 Å². The van der Waals surface area contributed by atoms with E-state index in [1.54, 1.807) is 19.1 Å². The zero-order valence-corrected chi connectivity index (χ0v) is 12.8. The van der Waals surface area contributed by atoms with Crippen molar-refractivity contribution in [3.63, 3.8) is 0 Å². The number of rotatable bonds is 3. The van der Waals surface area contributed by atoms with E-state index in [-0.39, 0.29) is 17.4 Å². The fraction of sp³-hybridized carbons (Fsp3) is 0.111. The van der Waals surface area contributed by atoms with E-state index in [9.17, 15) is 9.18 Å². The Morgan fingerprint density at radius 2 is 1.87 bits per heavy atom. The van der Waals surface area contributed by atoms with Gasteiger partial charge < -0.3 is 9.84 Å². The summed E-state index contributed by atoms with van der Waals surface area (Å²) in [4.78, 5) is 12.2. The van der Waals surface area contributed by atoms with E-state index in [1.165, 1.54) is 12.1 Å². The van der Waals surface area contributed by atoms with Gasteiger partial charge in [0, 0.05) is 17.3 Å². The number of aromatic nitrogens is 1. The molecule has 5 heteroatoms. The first-order valence-corrected chi connectivity index (χ1v) is 7.15. The minimum Gasteiger partial charge on any atom is -0.355 e. The number of carbonyl (C=O) groups is 1. The Kier molecular flexibility index (Phi) is 3.93. The van der Waals surface area contributed by atoms with E-state index in [1.807, 2.05) is 31.2 Å². The predicted molar refractivity (Wildman–Crippen MR) is 85.8 cm³/mol. The topological polar surface area (TPSA) is 55.1 Å². The van der Waals surface area contributed by atoms with Gasteiger partial charge in [0.15, 0.2) is 11.5 Å². The predicted octanol–water partition coefficient (Wildman–Crippen LogP) is 4.35. The quantitative estimate of drug-likeness (QED) is 0.782. The zero-order valence-electron chi connectivity index (χ0n) is 12.8. The second-order valence-electron chi connectivity index (χ2n) is 5.31. The maximum Gasteiger partial charge on any atom is 0.277 e. The number of carbonyl (C=O) groups excluding carboxylic acids is 1. The third-order valence-corrected chi connectivity index (χ3v) is 3.59. The molecule has 0 radical (unpaired) electrons. The summed E-state index contributed by atoms with van der Waals surface area (Å²) in [6, 6.07) is 13.7. The third kappa shape index (κ3) is 3.13. The lowest BCUT2D eigenvalue weighted by molar-refractivity contribution is 0.101. The van der Waals surface area contributed by atoms with Gasteiger partial charge in [0.25, 0.3) is 5.91 Å². The molecule has 1 aromatic heterocycles. The van der Waals surface area contributed by atoms with E-state index in [0.29, 0.717) is 22.6 Å². The molecular formula is C18H15FN2O2. The van der Waals surface area contributed by atoms with Crippen molar-refractivity contribution in [2.75, 3.05) is 5.32 Å². The molecular weight excluding hydrogens is 295 g/mol. The number of para-hydroxylation sites is 1. The molecule has 0 spiro atoms. The van der Waals surface area contributed by atoms with Crippen molar-refractivity contribution >= 4 is 11.6 Å². The van der Waals surface area contributed by atoms with Crippen LogP contribution in [0.3, 0.4) is 0 Å². The van der Waals surface area contributed by atoms with Crippen LogP contribution in [0.15, 0.2) is 53.1 Å². The van der Waals surface area contributed by atoms with Gasteiger partial charge in [0.1, 0.15) is 5.82 Å². The van der Waals surface area contributed by atoms with Crippen LogP contribution in [0.1, 0.15) is 21.6 Å². The number of hydrogen-bond donors (Lipinski definition) is 1. The van der Waals surface area contributed by atoms with Crippen molar-refractivity contribution in [2.45, 2.75) is 13.8 Å². The van der Waals surface area contributed by atoms with E-state index in [4.69, 9.17) is 4.52 Å². The fourth-order valence-corrected chi connectivity index (χ4v) is 2.16. The number of nitrogens with zero attached hydrogens (tertiary/aromatic N) is 1. The van der Waals surface area contributed by atoms with Gasteiger partial charge in [-0.2, -0.15) is 0 Å². The molecule has 0 fully saturated rings. The van der Waals surface area contributed by atoms with Crippen molar-refractivity contribution in [2.24, 2.45) is 0 Å². The molecule has 0 unspecified atom stereocenters. The van der Waals surface area contributed by atoms with Crippen molar-refractivity contribution in [1.82, 2.24) is 5.16 Å². The summed E-state index contributed by atoms with van der Waals surface area (Å²) in [5.74, 6) is -0.356. The van der Waals surface area contributed by atoms with Gasteiger partial charge in [-0.15, -0.1) is 0 Å².